The molecule has 0 aromatic heterocycles. The normalized spacial score (nSPS) is 15.4. The van der Waals surface area contributed by atoms with Crippen LogP contribution in [0.1, 0.15) is 29.6 Å². The van der Waals surface area contributed by atoms with E-state index in [0.29, 0.717) is 12.5 Å². The molecule has 0 saturated heterocycles. The number of rotatable bonds is 6. The SMILES string of the molecule is O=C(O)c1ccc(S(=O)(=O)NCCC2CC2)c(Br)c1. The second-order valence-corrected chi connectivity index (χ2v) is 7.17. The van der Waals surface area contributed by atoms with Crippen molar-refractivity contribution in [3.63, 3.8) is 0 Å². The highest BCUT2D eigenvalue weighted by molar-refractivity contribution is 9.10. The van der Waals surface area contributed by atoms with Crippen molar-refractivity contribution < 1.29 is 18.3 Å². The summed E-state index contributed by atoms with van der Waals surface area (Å²) in [6.45, 7) is 0.417. The minimum atomic E-state index is -3.59. The molecule has 2 N–H and O–H groups in total. The fourth-order valence-electron chi connectivity index (χ4n) is 1.73. The standard InChI is InChI=1S/C12H14BrNO4S/c13-10-7-9(12(15)16)3-4-11(10)19(17,18)14-6-5-8-1-2-8/h3-4,7-8,14H,1-2,5-6H2,(H,15,16). The zero-order chi connectivity index (χ0) is 14.0. The Morgan fingerprint density at radius 2 is 2.11 bits per heavy atom. The lowest BCUT2D eigenvalue weighted by Gasteiger charge is -2.08. The Morgan fingerprint density at radius 3 is 2.63 bits per heavy atom. The van der Waals surface area contributed by atoms with E-state index in [1.807, 2.05) is 0 Å². The molecule has 1 aliphatic carbocycles. The molecule has 1 aromatic rings. The quantitative estimate of drug-likeness (QED) is 0.826. The van der Waals surface area contributed by atoms with Crippen molar-refractivity contribution in [2.75, 3.05) is 6.54 Å². The topological polar surface area (TPSA) is 83.5 Å². The van der Waals surface area contributed by atoms with E-state index in [2.05, 4.69) is 20.7 Å². The van der Waals surface area contributed by atoms with Crippen LogP contribution in [-0.4, -0.2) is 26.0 Å². The van der Waals surface area contributed by atoms with Gasteiger partial charge in [0.25, 0.3) is 0 Å². The Morgan fingerprint density at radius 1 is 1.42 bits per heavy atom. The first-order valence-electron chi connectivity index (χ1n) is 5.92. The second-order valence-electron chi connectivity index (χ2n) is 4.58. The van der Waals surface area contributed by atoms with Crippen LogP contribution >= 0.6 is 15.9 Å². The molecule has 1 aromatic carbocycles. The van der Waals surface area contributed by atoms with Crippen LogP contribution in [0.25, 0.3) is 0 Å². The molecule has 1 aliphatic rings. The molecule has 0 heterocycles. The molecule has 0 bridgehead atoms. The zero-order valence-corrected chi connectivity index (χ0v) is 12.5. The van der Waals surface area contributed by atoms with Crippen LogP contribution in [0.3, 0.4) is 0 Å². The van der Waals surface area contributed by atoms with Gasteiger partial charge in [-0.05, 0) is 46.5 Å². The monoisotopic (exact) mass is 347 g/mol. The van der Waals surface area contributed by atoms with Crippen molar-refractivity contribution >= 4 is 31.9 Å². The van der Waals surface area contributed by atoms with E-state index in [0.717, 1.165) is 6.42 Å². The molecule has 7 heteroatoms. The van der Waals surface area contributed by atoms with Crippen molar-refractivity contribution in [2.24, 2.45) is 5.92 Å². The number of hydrogen-bond donors (Lipinski definition) is 2. The highest BCUT2D eigenvalue weighted by Crippen LogP contribution is 2.32. The lowest BCUT2D eigenvalue weighted by Crippen LogP contribution is -2.25. The zero-order valence-electron chi connectivity index (χ0n) is 10.1. The summed E-state index contributed by atoms with van der Waals surface area (Å²) in [5, 5.41) is 8.83. The molecular formula is C12H14BrNO4S. The Labute approximate surface area is 120 Å². The molecule has 104 valence electrons. The van der Waals surface area contributed by atoms with Gasteiger partial charge in [0.1, 0.15) is 0 Å². The molecule has 0 aliphatic heterocycles. The predicted octanol–water partition coefficient (Wildman–Crippen LogP) is 2.23. The fourth-order valence-corrected chi connectivity index (χ4v) is 3.86. The van der Waals surface area contributed by atoms with Gasteiger partial charge in [0.15, 0.2) is 0 Å². The Hall–Kier alpha value is -0.920. The minimum absolute atomic E-state index is 0.0452. The lowest BCUT2D eigenvalue weighted by atomic mass is 10.2. The summed E-state index contributed by atoms with van der Waals surface area (Å²) >= 11 is 3.10. The van der Waals surface area contributed by atoms with E-state index < -0.39 is 16.0 Å². The number of hydrogen-bond acceptors (Lipinski definition) is 3. The van der Waals surface area contributed by atoms with E-state index >= 15 is 0 Å². The first-order valence-corrected chi connectivity index (χ1v) is 8.20. The highest BCUT2D eigenvalue weighted by atomic mass is 79.9. The van der Waals surface area contributed by atoms with E-state index in [9.17, 15) is 13.2 Å². The minimum Gasteiger partial charge on any atom is -0.478 e. The molecule has 19 heavy (non-hydrogen) atoms. The highest BCUT2D eigenvalue weighted by Gasteiger charge is 2.23. The van der Waals surface area contributed by atoms with Crippen molar-refractivity contribution in [2.45, 2.75) is 24.2 Å². The van der Waals surface area contributed by atoms with Crippen LogP contribution in [0.15, 0.2) is 27.6 Å². The number of carboxylic acid groups (broad SMARTS) is 1. The average molecular weight is 348 g/mol. The number of sulfonamides is 1. The maximum absolute atomic E-state index is 12.0. The summed E-state index contributed by atoms with van der Waals surface area (Å²) in [5.74, 6) is -0.438. The fraction of sp³-hybridized carbons (Fsp3) is 0.417. The van der Waals surface area contributed by atoms with Gasteiger partial charge in [0, 0.05) is 11.0 Å². The summed E-state index contributed by atoms with van der Waals surface area (Å²) in [5.41, 5.74) is 0.0452. The van der Waals surface area contributed by atoms with Crippen LogP contribution in [0.5, 0.6) is 0 Å². The predicted molar refractivity (Wildman–Crippen MR) is 73.6 cm³/mol. The van der Waals surface area contributed by atoms with Gasteiger partial charge in [-0.2, -0.15) is 0 Å². The summed E-state index contributed by atoms with van der Waals surface area (Å²) in [6, 6.07) is 3.87. The summed E-state index contributed by atoms with van der Waals surface area (Å²) in [6.07, 6.45) is 3.21. The van der Waals surface area contributed by atoms with Crippen molar-refractivity contribution in [1.82, 2.24) is 4.72 Å². The third kappa shape index (κ3) is 3.77. The van der Waals surface area contributed by atoms with Gasteiger partial charge in [-0.15, -0.1) is 0 Å². The molecule has 0 amide bonds. The van der Waals surface area contributed by atoms with E-state index in [4.69, 9.17) is 5.11 Å². The van der Waals surface area contributed by atoms with Crippen LogP contribution < -0.4 is 4.72 Å². The van der Waals surface area contributed by atoms with E-state index in [1.165, 1.54) is 31.0 Å². The largest absolute Gasteiger partial charge is 0.478 e. The van der Waals surface area contributed by atoms with Gasteiger partial charge in [-0.25, -0.2) is 17.9 Å². The van der Waals surface area contributed by atoms with Crippen molar-refractivity contribution in [3.8, 4) is 0 Å². The molecule has 0 spiro atoms. The molecule has 1 fully saturated rings. The molecule has 0 atom stereocenters. The molecule has 0 unspecified atom stereocenters. The molecule has 5 nitrogen and oxygen atoms in total. The van der Waals surface area contributed by atoms with E-state index in [-0.39, 0.29) is 14.9 Å². The third-order valence-electron chi connectivity index (χ3n) is 3.01. The molecular weight excluding hydrogens is 334 g/mol. The van der Waals surface area contributed by atoms with Crippen molar-refractivity contribution in [1.29, 1.82) is 0 Å². The van der Waals surface area contributed by atoms with E-state index in [1.54, 1.807) is 0 Å². The van der Waals surface area contributed by atoms with Gasteiger partial charge in [0.2, 0.25) is 10.0 Å². The van der Waals surface area contributed by atoms with Gasteiger partial charge in [-0.3, -0.25) is 0 Å². The first-order chi connectivity index (χ1) is 8.90. The van der Waals surface area contributed by atoms with Crippen LogP contribution in [0.4, 0.5) is 0 Å². The Bertz CT molecular complexity index is 596. The average Bonchev–Trinajstić information content (AvgIpc) is 3.12. The number of nitrogens with one attached hydrogen (secondary N) is 1. The van der Waals surface area contributed by atoms with Crippen LogP contribution in [0, 0.1) is 5.92 Å². The molecule has 1 saturated carbocycles. The maximum Gasteiger partial charge on any atom is 0.335 e. The van der Waals surface area contributed by atoms with Gasteiger partial charge in [0.05, 0.1) is 10.5 Å². The summed E-state index contributed by atoms with van der Waals surface area (Å²) in [4.78, 5) is 10.8. The molecule has 2 rings (SSSR count). The maximum atomic E-state index is 12.0. The number of carbonyl (C=O) groups is 1. The Balaban J connectivity index is 2.12. The molecule has 0 radical (unpaired) electrons. The van der Waals surface area contributed by atoms with Crippen LogP contribution in [-0.2, 0) is 10.0 Å². The number of benzene rings is 1. The van der Waals surface area contributed by atoms with Gasteiger partial charge in [-0.1, -0.05) is 12.8 Å². The lowest BCUT2D eigenvalue weighted by molar-refractivity contribution is 0.0696. The van der Waals surface area contributed by atoms with Gasteiger partial charge >= 0.3 is 5.97 Å². The third-order valence-corrected chi connectivity index (χ3v) is 5.45. The number of carboxylic acids is 1. The Kier molecular flexibility index (Phi) is 4.27. The van der Waals surface area contributed by atoms with Crippen LogP contribution in [0.2, 0.25) is 0 Å². The number of aromatic carboxylic acids is 1. The van der Waals surface area contributed by atoms with Gasteiger partial charge < -0.3 is 5.11 Å². The number of halogens is 1. The van der Waals surface area contributed by atoms with Crippen molar-refractivity contribution in [3.05, 3.63) is 28.2 Å². The second kappa shape index (κ2) is 5.60. The summed E-state index contributed by atoms with van der Waals surface area (Å²) < 4.78 is 26.9. The first kappa shape index (κ1) is 14.5. The smallest absolute Gasteiger partial charge is 0.335 e. The summed E-state index contributed by atoms with van der Waals surface area (Å²) in [7, 11) is -3.59.